The van der Waals surface area contributed by atoms with Gasteiger partial charge in [0.15, 0.2) is 6.29 Å². The van der Waals surface area contributed by atoms with Crippen LogP contribution in [0, 0.1) is 0 Å². The van der Waals surface area contributed by atoms with Gasteiger partial charge in [-0.3, -0.25) is 0 Å². The fourth-order valence-corrected chi connectivity index (χ4v) is 1.36. The Kier molecular flexibility index (Phi) is 3.39. The van der Waals surface area contributed by atoms with Crippen molar-refractivity contribution in [1.82, 2.24) is 0 Å². The van der Waals surface area contributed by atoms with E-state index in [0.717, 1.165) is 0 Å². The molecule has 0 aromatic rings. The summed E-state index contributed by atoms with van der Waals surface area (Å²) in [5, 5.41) is 18.3. The van der Waals surface area contributed by atoms with Crippen LogP contribution in [-0.2, 0) is 9.47 Å². The van der Waals surface area contributed by atoms with Gasteiger partial charge in [0.05, 0.1) is 6.10 Å². The highest BCUT2D eigenvalue weighted by Crippen LogP contribution is 2.21. The van der Waals surface area contributed by atoms with E-state index in [1.807, 2.05) is 0 Å². The number of rotatable bonds is 2. The zero-order valence-electron chi connectivity index (χ0n) is 6.81. The summed E-state index contributed by atoms with van der Waals surface area (Å²) >= 11 is 0. The first-order valence-corrected chi connectivity index (χ1v) is 3.79. The Morgan fingerprint density at radius 1 is 1.58 bits per heavy atom. The van der Waals surface area contributed by atoms with E-state index in [1.165, 1.54) is 7.11 Å². The molecule has 0 saturated carbocycles. The molecule has 1 aliphatic heterocycles. The third-order valence-corrected chi connectivity index (χ3v) is 1.94. The molecule has 1 saturated heterocycles. The molecule has 1 aliphatic rings. The first-order valence-electron chi connectivity index (χ1n) is 3.79. The van der Waals surface area contributed by atoms with E-state index in [4.69, 9.17) is 14.6 Å². The lowest BCUT2D eigenvalue weighted by Crippen LogP contribution is -2.50. The third-order valence-electron chi connectivity index (χ3n) is 1.94. The first-order chi connectivity index (χ1) is 5.69. The molecular weight excluding hydrogens is 167 g/mol. The predicted molar refractivity (Wildman–Crippen MR) is 38.3 cm³/mol. The second-order valence-corrected chi connectivity index (χ2v) is 2.79. The number of halogens is 1. The fraction of sp³-hybridized carbons (Fsp3) is 1.00. The van der Waals surface area contributed by atoms with Crippen molar-refractivity contribution < 1.29 is 24.1 Å². The molecule has 72 valence electrons. The van der Waals surface area contributed by atoms with E-state index in [0.29, 0.717) is 0 Å². The molecule has 4 nitrogen and oxygen atoms in total. The Morgan fingerprint density at radius 3 is 2.75 bits per heavy atom. The number of aliphatic hydroxyl groups is 2. The summed E-state index contributed by atoms with van der Waals surface area (Å²) in [7, 11) is 1.37. The monoisotopic (exact) mass is 180 g/mol. The fourth-order valence-electron chi connectivity index (χ4n) is 1.36. The lowest BCUT2D eigenvalue weighted by atomic mass is 10.0. The largest absolute Gasteiger partial charge is 0.390 e. The van der Waals surface area contributed by atoms with Gasteiger partial charge in [0.2, 0.25) is 0 Å². The normalized spacial score (nSPS) is 43.0. The molecule has 0 aliphatic carbocycles. The molecule has 0 amide bonds. The summed E-state index contributed by atoms with van der Waals surface area (Å²) in [5.74, 6) is 0. The van der Waals surface area contributed by atoms with Gasteiger partial charge in [0.25, 0.3) is 0 Å². The van der Waals surface area contributed by atoms with Gasteiger partial charge in [-0.15, -0.1) is 0 Å². The molecular formula is C7H13FO4. The third kappa shape index (κ3) is 1.92. The molecule has 0 spiro atoms. The molecule has 2 N–H and O–H groups in total. The number of methoxy groups -OCH3 is 1. The van der Waals surface area contributed by atoms with Crippen LogP contribution in [0.15, 0.2) is 0 Å². The average Bonchev–Trinajstić information content (AvgIpc) is 2.03. The maximum absolute atomic E-state index is 12.2. The van der Waals surface area contributed by atoms with Gasteiger partial charge < -0.3 is 19.7 Å². The van der Waals surface area contributed by atoms with Crippen LogP contribution in [0.3, 0.4) is 0 Å². The van der Waals surface area contributed by atoms with Gasteiger partial charge in [-0.25, -0.2) is 4.39 Å². The molecule has 1 heterocycles. The smallest absolute Gasteiger partial charge is 0.157 e. The molecule has 0 aromatic carbocycles. The maximum atomic E-state index is 12.2. The van der Waals surface area contributed by atoms with Crippen molar-refractivity contribution >= 4 is 0 Å². The highest BCUT2D eigenvalue weighted by atomic mass is 19.1. The molecule has 1 rings (SSSR count). The summed E-state index contributed by atoms with van der Waals surface area (Å²) in [6.07, 6.45) is -3.44. The lowest BCUT2D eigenvalue weighted by Gasteiger charge is -2.35. The Balaban J connectivity index is 2.56. The summed E-state index contributed by atoms with van der Waals surface area (Å²) in [6, 6.07) is 0. The highest BCUT2D eigenvalue weighted by Gasteiger charge is 2.37. The van der Waals surface area contributed by atoms with E-state index >= 15 is 0 Å². The van der Waals surface area contributed by atoms with E-state index in [1.54, 1.807) is 0 Å². The standard InChI is InChI=1S/C7H13FO4/c1-11-7-4(9)2-6(10)12-5(7)3-8/h4-7,9-10H,2-3H2,1H3/t4-,5-,6?,7+/m1/s1. The van der Waals surface area contributed by atoms with Crippen LogP contribution in [-0.4, -0.2) is 48.6 Å². The summed E-state index contributed by atoms with van der Waals surface area (Å²) < 4.78 is 21.9. The zero-order valence-corrected chi connectivity index (χ0v) is 6.81. The van der Waals surface area contributed by atoms with Gasteiger partial charge in [-0.05, 0) is 0 Å². The molecule has 5 heteroatoms. The quantitative estimate of drug-likeness (QED) is 0.598. The SMILES string of the molecule is CO[C@H]1[C@H](O)CC(O)O[C@@H]1CF. The van der Waals surface area contributed by atoms with Crippen molar-refractivity contribution in [2.75, 3.05) is 13.8 Å². The highest BCUT2D eigenvalue weighted by molar-refractivity contribution is 4.83. The molecule has 0 aromatic heterocycles. The van der Waals surface area contributed by atoms with E-state index in [-0.39, 0.29) is 6.42 Å². The van der Waals surface area contributed by atoms with Crippen LogP contribution < -0.4 is 0 Å². The molecule has 4 atom stereocenters. The summed E-state index contributed by atoms with van der Waals surface area (Å²) in [4.78, 5) is 0. The molecule has 12 heavy (non-hydrogen) atoms. The van der Waals surface area contributed by atoms with Crippen LogP contribution in [0.5, 0.6) is 0 Å². The van der Waals surface area contributed by atoms with Gasteiger partial charge >= 0.3 is 0 Å². The number of ether oxygens (including phenoxy) is 2. The topological polar surface area (TPSA) is 58.9 Å². The minimum absolute atomic E-state index is 0.0645. The molecule has 0 radical (unpaired) electrons. The molecule has 1 fully saturated rings. The molecule has 1 unspecified atom stereocenters. The minimum Gasteiger partial charge on any atom is -0.390 e. The van der Waals surface area contributed by atoms with Crippen molar-refractivity contribution in [1.29, 1.82) is 0 Å². The Labute approximate surface area is 69.9 Å². The Bertz CT molecular complexity index is 143. The maximum Gasteiger partial charge on any atom is 0.157 e. The number of aliphatic hydroxyl groups excluding tert-OH is 2. The lowest BCUT2D eigenvalue weighted by molar-refractivity contribution is -0.240. The van der Waals surface area contributed by atoms with Gasteiger partial charge in [-0.1, -0.05) is 0 Å². The van der Waals surface area contributed by atoms with Gasteiger partial charge in [0, 0.05) is 13.5 Å². The summed E-state index contributed by atoms with van der Waals surface area (Å²) in [6.45, 7) is -0.771. The second kappa shape index (κ2) is 4.13. The number of hydrogen-bond donors (Lipinski definition) is 2. The van der Waals surface area contributed by atoms with Crippen LogP contribution in [0.2, 0.25) is 0 Å². The predicted octanol–water partition coefficient (Wildman–Crippen LogP) is -0.561. The van der Waals surface area contributed by atoms with Crippen LogP contribution >= 0.6 is 0 Å². The average molecular weight is 180 g/mol. The van der Waals surface area contributed by atoms with E-state index in [2.05, 4.69) is 0 Å². The van der Waals surface area contributed by atoms with Crippen LogP contribution in [0.25, 0.3) is 0 Å². The minimum atomic E-state index is -1.09. The van der Waals surface area contributed by atoms with E-state index in [9.17, 15) is 9.50 Å². The number of hydrogen-bond acceptors (Lipinski definition) is 4. The van der Waals surface area contributed by atoms with Gasteiger partial charge in [-0.2, -0.15) is 0 Å². The summed E-state index contributed by atoms with van der Waals surface area (Å²) in [5.41, 5.74) is 0. The van der Waals surface area contributed by atoms with Crippen molar-refractivity contribution in [2.24, 2.45) is 0 Å². The van der Waals surface area contributed by atoms with Crippen molar-refractivity contribution in [3.05, 3.63) is 0 Å². The van der Waals surface area contributed by atoms with Crippen LogP contribution in [0.4, 0.5) is 4.39 Å². The van der Waals surface area contributed by atoms with Crippen molar-refractivity contribution in [3.63, 3.8) is 0 Å². The Morgan fingerprint density at radius 2 is 2.25 bits per heavy atom. The number of alkyl halides is 1. The molecule has 0 bridgehead atoms. The van der Waals surface area contributed by atoms with Gasteiger partial charge in [0.1, 0.15) is 18.9 Å². The van der Waals surface area contributed by atoms with Crippen molar-refractivity contribution in [2.45, 2.75) is 31.0 Å². The van der Waals surface area contributed by atoms with Crippen molar-refractivity contribution in [3.8, 4) is 0 Å². The second-order valence-electron chi connectivity index (χ2n) is 2.79. The zero-order chi connectivity index (χ0) is 9.14. The van der Waals surface area contributed by atoms with E-state index < -0.39 is 31.3 Å². The first kappa shape index (κ1) is 9.85. The Hall–Kier alpha value is -0.230. The van der Waals surface area contributed by atoms with Crippen LogP contribution in [0.1, 0.15) is 6.42 Å².